The molecule has 2 aromatic carbocycles. The maximum absolute atomic E-state index is 14.2. The number of anilines is 4. The van der Waals surface area contributed by atoms with Crippen molar-refractivity contribution in [3.8, 4) is 0 Å². The molecular weight excluding hydrogens is 977 g/mol. The molecule has 0 bridgehead atoms. The minimum Gasteiger partial charge on any atom is -0.397 e. The molecule has 19 heteroatoms. The largest absolute Gasteiger partial charge is 0.397 e. The molecular formula is C50H65Cl4F5N10. The molecule has 3 N–H and O–H groups in total. The number of piperazine rings is 2. The van der Waals surface area contributed by atoms with Crippen LogP contribution in [0.2, 0.25) is 20.1 Å². The highest BCUT2D eigenvalue weighted by molar-refractivity contribution is 6.33. The van der Waals surface area contributed by atoms with E-state index in [1.54, 1.807) is 48.8 Å². The first-order chi connectivity index (χ1) is 33.1. The van der Waals surface area contributed by atoms with E-state index in [9.17, 15) is 22.0 Å². The zero-order valence-electron chi connectivity index (χ0n) is 39.5. The van der Waals surface area contributed by atoms with Crippen molar-refractivity contribution in [3.05, 3.63) is 104 Å². The number of benzene rings is 2. The van der Waals surface area contributed by atoms with Gasteiger partial charge in [-0.1, -0.05) is 72.4 Å². The van der Waals surface area contributed by atoms with Crippen molar-refractivity contribution in [3.63, 3.8) is 0 Å². The summed E-state index contributed by atoms with van der Waals surface area (Å²) >= 11 is 24.7. The lowest BCUT2D eigenvalue weighted by atomic mass is 9.97. The monoisotopic (exact) mass is 1040 g/mol. The number of piperidine rings is 2. The number of nitrogens with one attached hydrogen (secondary N) is 1. The summed E-state index contributed by atoms with van der Waals surface area (Å²) in [6.07, 6.45) is 4.73. The van der Waals surface area contributed by atoms with Gasteiger partial charge in [0.1, 0.15) is 23.3 Å². The minimum absolute atomic E-state index is 0.0000482. The number of pyridine rings is 2. The molecule has 6 heterocycles. The molecule has 0 aliphatic carbocycles. The maximum Gasteiger partial charge on any atom is 0.389 e. The van der Waals surface area contributed by atoms with Gasteiger partial charge in [-0.15, -0.1) is 0 Å². The Hall–Kier alpha value is -3.41. The van der Waals surface area contributed by atoms with E-state index in [0.717, 1.165) is 115 Å². The molecule has 4 fully saturated rings. The Bertz CT molecular complexity index is 2280. The fraction of sp³-hybridized carbons (Fsp3) is 0.560. The number of likely N-dealkylation sites (tertiary alicyclic amines) is 2. The van der Waals surface area contributed by atoms with Gasteiger partial charge in [0.25, 0.3) is 0 Å². The van der Waals surface area contributed by atoms with E-state index in [2.05, 4.69) is 58.5 Å². The summed E-state index contributed by atoms with van der Waals surface area (Å²) in [6.45, 7) is 15.1. The van der Waals surface area contributed by atoms with Crippen LogP contribution in [0.3, 0.4) is 0 Å². The molecule has 0 radical (unpaired) electrons. The van der Waals surface area contributed by atoms with E-state index < -0.39 is 12.6 Å². The summed E-state index contributed by atoms with van der Waals surface area (Å²) < 4.78 is 65.4. The molecule has 378 valence electrons. The zero-order valence-corrected chi connectivity index (χ0v) is 42.5. The van der Waals surface area contributed by atoms with Crippen molar-refractivity contribution in [2.75, 3.05) is 92.8 Å². The van der Waals surface area contributed by atoms with Crippen LogP contribution in [0.4, 0.5) is 45.0 Å². The number of hydrogen-bond donors (Lipinski definition) is 2. The summed E-state index contributed by atoms with van der Waals surface area (Å²) in [5, 5.41) is 4.95. The topological polar surface area (TPSA) is 83.3 Å². The van der Waals surface area contributed by atoms with Gasteiger partial charge in [-0.3, -0.25) is 19.6 Å². The van der Waals surface area contributed by atoms with Crippen LogP contribution in [0.25, 0.3) is 0 Å². The Balaban J connectivity index is 0.000000208. The molecule has 0 spiro atoms. The van der Waals surface area contributed by atoms with E-state index in [-0.39, 0.29) is 24.6 Å². The van der Waals surface area contributed by atoms with Crippen molar-refractivity contribution in [2.24, 2.45) is 0 Å². The van der Waals surface area contributed by atoms with E-state index >= 15 is 0 Å². The van der Waals surface area contributed by atoms with Crippen molar-refractivity contribution >= 4 is 69.4 Å². The molecule has 10 nitrogen and oxygen atoms in total. The van der Waals surface area contributed by atoms with E-state index in [1.165, 1.54) is 12.1 Å². The molecule has 0 amide bonds. The molecule has 4 aliphatic rings. The van der Waals surface area contributed by atoms with Gasteiger partial charge < -0.3 is 20.9 Å². The fourth-order valence-corrected chi connectivity index (χ4v) is 11.3. The molecule has 4 aromatic rings. The highest BCUT2D eigenvalue weighted by Gasteiger charge is 2.36. The van der Waals surface area contributed by atoms with Gasteiger partial charge in [-0.25, -0.2) is 18.7 Å². The van der Waals surface area contributed by atoms with Crippen LogP contribution >= 0.6 is 46.4 Å². The Labute approximate surface area is 424 Å². The fourth-order valence-electron chi connectivity index (χ4n) is 10.4. The SMILES string of the molecule is CC[C@H]1CN(c2ncc(N)cc2Cl)CCN1C1CCN(Cc2ccc(Cl)cc2F)CC1.CC[C@H]1CN(c2ncc(NCCCC(F)(F)F)cc2Cl)CCN1C1CCN(Cc2ccc(Cl)cc2F)CC1. The van der Waals surface area contributed by atoms with Crippen molar-refractivity contribution in [2.45, 2.75) is 109 Å². The average molecular weight is 1040 g/mol. The van der Waals surface area contributed by atoms with Crippen LogP contribution in [-0.2, 0) is 13.1 Å². The second kappa shape index (κ2) is 24.8. The Morgan fingerprint density at radius 3 is 1.52 bits per heavy atom. The van der Waals surface area contributed by atoms with Gasteiger partial charge >= 0.3 is 6.18 Å². The Morgan fingerprint density at radius 1 is 0.638 bits per heavy atom. The lowest BCUT2D eigenvalue weighted by Crippen LogP contribution is -2.58. The quantitative estimate of drug-likeness (QED) is 0.0941. The van der Waals surface area contributed by atoms with Gasteiger partial charge in [0.05, 0.1) is 33.8 Å². The standard InChI is InChI=1S/C27H35Cl2F4N5.C23H30Cl2FN5/c1-2-22-18-37(26-24(29)15-21(16-35-26)34-9-3-8-27(31,32)33)12-13-38(22)23-6-10-36(11-7-23)17-19-4-5-20(28)14-25(19)30;1-2-19-15-30(23-21(25)12-18(27)13-28-23)9-10-31(19)20-5-7-29(8-6-20)14-16-3-4-17(24)11-22(16)26/h4-5,14-16,22-23,34H,2-3,6-13,17-18H2,1H3;3-4,11-13,19-20H,2,5-10,14-15,27H2,1H3/t22-;19-/m00/s1. The zero-order chi connectivity index (χ0) is 49.2. The van der Waals surface area contributed by atoms with E-state index in [0.29, 0.717) is 80.1 Å². The minimum atomic E-state index is -4.15. The number of nitrogens with zero attached hydrogens (tertiary/aromatic N) is 8. The lowest BCUT2D eigenvalue weighted by Gasteiger charge is -2.47. The molecule has 2 atom stereocenters. The number of aromatic nitrogens is 2. The van der Waals surface area contributed by atoms with Crippen LogP contribution in [0, 0.1) is 11.6 Å². The predicted molar refractivity (Wildman–Crippen MR) is 272 cm³/mol. The van der Waals surface area contributed by atoms with E-state index in [4.69, 9.17) is 52.1 Å². The van der Waals surface area contributed by atoms with Crippen LogP contribution < -0.4 is 20.9 Å². The van der Waals surface area contributed by atoms with Gasteiger partial charge in [0.2, 0.25) is 0 Å². The van der Waals surface area contributed by atoms with Gasteiger partial charge in [0, 0.05) is 111 Å². The van der Waals surface area contributed by atoms with Gasteiger partial charge in [-0.05, 0) is 108 Å². The van der Waals surface area contributed by atoms with Gasteiger partial charge in [-0.2, -0.15) is 13.2 Å². The molecule has 0 unspecified atom stereocenters. The Morgan fingerprint density at radius 2 is 1.10 bits per heavy atom. The van der Waals surface area contributed by atoms with Crippen LogP contribution in [0.1, 0.15) is 76.3 Å². The predicted octanol–water partition coefficient (Wildman–Crippen LogP) is 11.5. The Kier molecular flexibility index (Phi) is 19.2. The number of nitrogens with two attached hydrogens (primary N) is 1. The number of halogens is 9. The van der Waals surface area contributed by atoms with E-state index in [1.807, 2.05) is 0 Å². The molecule has 8 rings (SSSR count). The molecule has 4 saturated heterocycles. The van der Waals surface area contributed by atoms with Crippen molar-refractivity contribution < 1.29 is 22.0 Å². The normalized spacial score (nSPS) is 20.8. The first kappa shape index (κ1) is 53.4. The first-order valence-electron chi connectivity index (χ1n) is 24.3. The van der Waals surface area contributed by atoms with Crippen LogP contribution in [0.15, 0.2) is 60.9 Å². The number of alkyl halides is 3. The molecule has 2 aromatic heterocycles. The smallest absolute Gasteiger partial charge is 0.389 e. The number of rotatable bonds is 14. The molecule has 4 aliphatic heterocycles. The maximum atomic E-state index is 14.2. The first-order valence-corrected chi connectivity index (χ1v) is 25.8. The lowest BCUT2D eigenvalue weighted by molar-refractivity contribution is -0.134. The highest BCUT2D eigenvalue weighted by Crippen LogP contribution is 2.33. The molecule has 0 saturated carbocycles. The second-order valence-corrected chi connectivity index (χ2v) is 20.4. The molecule has 69 heavy (non-hydrogen) atoms. The third-order valence-corrected chi connectivity index (χ3v) is 15.1. The van der Waals surface area contributed by atoms with Crippen LogP contribution in [-0.4, -0.2) is 132 Å². The van der Waals surface area contributed by atoms with Crippen molar-refractivity contribution in [1.82, 2.24) is 29.6 Å². The summed E-state index contributed by atoms with van der Waals surface area (Å²) in [7, 11) is 0. The summed E-state index contributed by atoms with van der Waals surface area (Å²) in [5.74, 6) is 1.07. The summed E-state index contributed by atoms with van der Waals surface area (Å²) in [6, 6.07) is 15.2. The summed E-state index contributed by atoms with van der Waals surface area (Å²) in [5.41, 5.74) is 8.41. The number of hydrogen-bond acceptors (Lipinski definition) is 10. The highest BCUT2D eigenvalue weighted by atomic mass is 35.5. The third kappa shape index (κ3) is 14.8. The van der Waals surface area contributed by atoms with Crippen molar-refractivity contribution in [1.29, 1.82) is 0 Å². The summed E-state index contributed by atoms with van der Waals surface area (Å²) in [4.78, 5) is 23.4. The second-order valence-electron chi connectivity index (χ2n) is 18.7. The average Bonchev–Trinajstić information content (AvgIpc) is 3.32. The number of nitrogen functional groups attached to an aromatic ring is 1. The third-order valence-electron chi connectivity index (χ3n) is 14.1. The van der Waals surface area contributed by atoms with Gasteiger partial charge in [0.15, 0.2) is 0 Å². The van der Waals surface area contributed by atoms with Crippen LogP contribution in [0.5, 0.6) is 0 Å².